The van der Waals surface area contributed by atoms with E-state index in [1.54, 1.807) is 18.0 Å². The maximum atomic E-state index is 12.2. The second-order valence-electron chi connectivity index (χ2n) is 4.35. The molecule has 0 saturated heterocycles. The van der Waals surface area contributed by atoms with Gasteiger partial charge in [-0.05, 0) is 7.05 Å². The first-order valence-electron chi connectivity index (χ1n) is 5.98. The summed E-state index contributed by atoms with van der Waals surface area (Å²) in [5.41, 5.74) is 0.636. The normalized spacial score (nSPS) is 11.5. The van der Waals surface area contributed by atoms with E-state index in [2.05, 4.69) is 15.4 Å². The quantitative estimate of drug-likeness (QED) is 0.778. The van der Waals surface area contributed by atoms with E-state index in [0.717, 1.165) is 0 Å². The zero-order chi connectivity index (χ0) is 14.5. The molecule has 0 aliphatic carbocycles. The molecule has 110 valence electrons. The molecule has 0 aliphatic heterocycles. The number of halogens is 2. The average molecular weight is 303 g/mol. The molecule has 20 heavy (non-hydrogen) atoms. The Morgan fingerprint density at radius 1 is 1.30 bits per heavy atom. The number of alkyl halides is 2. The second kappa shape index (κ2) is 6.71. The van der Waals surface area contributed by atoms with Gasteiger partial charge in [0.1, 0.15) is 12.0 Å². The Hall–Kier alpha value is -1.61. The molecule has 0 N–H and O–H groups in total. The standard InChI is InChI=1S/C11H15F2N5OS/c1-17(7-9(12)13)4-5-18(2)11-15-14-10(20-11)8-3-6-19-16-8/h3,6,9H,4-5,7H2,1-2H3. The van der Waals surface area contributed by atoms with Crippen LogP contribution >= 0.6 is 11.3 Å². The lowest BCUT2D eigenvalue weighted by molar-refractivity contribution is 0.102. The molecule has 0 amide bonds. The lowest BCUT2D eigenvalue weighted by Gasteiger charge is -2.20. The first-order chi connectivity index (χ1) is 9.56. The summed E-state index contributed by atoms with van der Waals surface area (Å²) in [4.78, 5) is 3.46. The van der Waals surface area contributed by atoms with Crippen molar-refractivity contribution in [3.8, 4) is 10.7 Å². The molecule has 0 bridgehead atoms. The van der Waals surface area contributed by atoms with Crippen LogP contribution in [0.2, 0.25) is 0 Å². The highest BCUT2D eigenvalue weighted by Gasteiger charge is 2.13. The molecule has 6 nitrogen and oxygen atoms in total. The fraction of sp³-hybridized carbons (Fsp3) is 0.545. The molecule has 2 rings (SSSR count). The molecule has 2 aromatic rings. The van der Waals surface area contributed by atoms with Crippen molar-refractivity contribution in [2.24, 2.45) is 0 Å². The minimum absolute atomic E-state index is 0.228. The van der Waals surface area contributed by atoms with Crippen LogP contribution in [-0.2, 0) is 0 Å². The van der Waals surface area contributed by atoms with E-state index in [1.165, 1.54) is 17.6 Å². The number of anilines is 1. The van der Waals surface area contributed by atoms with Crippen LogP contribution in [0, 0.1) is 0 Å². The summed E-state index contributed by atoms with van der Waals surface area (Å²) < 4.78 is 29.2. The van der Waals surface area contributed by atoms with E-state index >= 15 is 0 Å². The summed E-state index contributed by atoms with van der Waals surface area (Å²) in [5, 5.41) is 13.3. The zero-order valence-corrected chi connectivity index (χ0v) is 12.0. The van der Waals surface area contributed by atoms with Gasteiger partial charge in [-0.1, -0.05) is 16.5 Å². The molecule has 2 aromatic heterocycles. The molecule has 0 fully saturated rings. The van der Waals surface area contributed by atoms with Crippen molar-refractivity contribution in [2.75, 3.05) is 38.6 Å². The van der Waals surface area contributed by atoms with Crippen molar-refractivity contribution in [1.29, 1.82) is 0 Å². The van der Waals surface area contributed by atoms with Gasteiger partial charge in [-0.25, -0.2) is 8.78 Å². The van der Waals surface area contributed by atoms with Gasteiger partial charge < -0.3 is 9.42 Å². The Morgan fingerprint density at radius 3 is 2.75 bits per heavy atom. The maximum Gasteiger partial charge on any atom is 0.251 e. The molecule has 0 unspecified atom stereocenters. The predicted octanol–water partition coefficient (Wildman–Crippen LogP) is 1.83. The van der Waals surface area contributed by atoms with E-state index in [1.807, 2.05) is 11.9 Å². The Balaban J connectivity index is 1.88. The molecule has 0 saturated carbocycles. The summed E-state index contributed by atoms with van der Waals surface area (Å²) in [6.07, 6.45) is -0.843. The highest BCUT2D eigenvalue weighted by molar-refractivity contribution is 7.18. The molecular formula is C11H15F2N5OS. The van der Waals surface area contributed by atoms with Crippen LogP contribution in [-0.4, -0.2) is 60.4 Å². The predicted molar refractivity (Wildman–Crippen MR) is 72.2 cm³/mol. The minimum Gasteiger partial charge on any atom is -0.364 e. The van der Waals surface area contributed by atoms with Crippen LogP contribution in [0.25, 0.3) is 10.7 Å². The van der Waals surface area contributed by atoms with Gasteiger partial charge in [-0.3, -0.25) is 4.90 Å². The van der Waals surface area contributed by atoms with Gasteiger partial charge in [-0.2, -0.15) is 0 Å². The fourth-order valence-corrected chi connectivity index (χ4v) is 2.33. The topological polar surface area (TPSA) is 58.3 Å². The fourth-order valence-electron chi connectivity index (χ4n) is 1.54. The number of likely N-dealkylation sites (N-methyl/N-ethyl adjacent to an activating group) is 2. The van der Waals surface area contributed by atoms with Crippen LogP contribution in [0.1, 0.15) is 0 Å². The zero-order valence-electron chi connectivity index (χ0n) is 11.2. The summed E-state index contributed by atoms with van der Waals surface area (Å²) in [7, 11) is 3.52. The highest BCUT2D eigenvalue weighted by Crippen LogP contribution is 2.26. The first kappa shape index (κ1) is 14.8. The molecule has 0 atom stereocenters. The Kier molecular flexibility index (Phi) is 4.96. The largest absolute Gasteiger partial charge is 0.364 e. The van der Waals surface area contributed by atoms with Gasteiger partial charge in [0, 0.05) is 26.2 Å². The van der Waals surface area contributed by atoms with Crippen molar-refractivity contribution >= 4 is 16.5 Å². The molecular weight excluding hydrogens is 288 g/mol. The Labute approximate surface area is 119 Å². The molecule has 0 spiro atoms. The van der Waals surface area contributed by atoms with Gasteiger partial charge in [0.2, 0.25) is 5.13 Å². The second-order valence-corrected chi connectivity index (χ2v) is 5.31. The third-order valence-corrected chi connectivity index (χ3v) is 3.72. The number of hydrogen-bond acceptors (Lipinski definition) is 7. The van der Waals surface area contributed by atoms with E-state index in [4.69, 9.17) is 4.52 Å². The highest BCUT2D eigenvalue weighted by atomic mass is 32.1. The van der Waals surface area contributed by atoms with Crippen LogP contribution in [0.3, 0.4) is 0 Å². The Bertz CT molecular complexity index is 519. The van der Waals surface area contributed by atoms with E-state index in [-0.39, 0.29) is 6.54 Å². The van der Waals surface area contributed by atoms with Crippen LogP contribution in [0.5, 0.6) is 0 Å². The van der Waals surface area contributed by atoms with Gasteiger partial charge in [0.05, 0.1) is 6.54 Å². The van der Waals surface area contributed by atoms with Crippen LogP contribution in [0.4, 0.5) is 13.9 Å². The van der Waals surface area contributed by atoms with Crippen molar-refractivity contribution < 1.29 is 13.3 Å². The number of rotatable bonds is 7. The van der Waals surface area contributed by atoms with Gasteiger partial charge in [-0.15, -0.1) is 10.2 Å². The van der Waals surface area contributed by atoms with Gasteiger partial charge in [0.15, 0.2) is 5.01 Å². The van der Waals surface area contributed by atoms with Crippen molar-refractivity contribution in [2.45, 2.75) is 6.43 Å². The SMILES string of the molecule is CN(CCN(C)c1nnc(-c2ccon2)s1)CC(F)F. The maximum absolute atomic E-state index is 12.2. The Morgan fingerprint density at radius 2 is 2.10 bits per heavy atom. The molecule has 0 radical (unpaired) electrons. The molecule has 9 heteroatoms. The van der Waals surface area contributed by atoms with Crippen molar-refractivity contribution in [3.05, 3.63) is 12.3 Å². The summed E-state index contributed by atoms with van der Waals surface area (Å²) in [6.45, 7) is 0.893. The van der Waals surface area contributed by atoms with Crippen LogP contribution < -0.4 is 4.90 Å². The number of hydrogen-bond donors (Lipinski definition) is 0. The molecule has 0 aromatic carbocycles. The third kappa shape index (κ3) is 3.94. The molecule has 0 aliphatic rings. The summed E-state index contributed by atoms with van der Waals surface area (Å²) in [6, 6.07) is 1.71. The monoisotopic (exact) mass is 303 g/mol. The van der Waals surface area contributed by atoms with Crippen LogP contribution in [0.15, 0.2) is 16.9 Å². The van der Waals surface area contributed by atoms with Crippen molar-refractivity contribution in [1.82, 2.24) is 20.3 Å². The van der Waals surface area contributed by atoms with Gasteiger partial charge >= 0.3 is 0 Å². The molecule has 2 heterocycles. The lowest BCUT2D eigenvalue weighted by atomic mass is 10.5. The lowest BCUT2D eigenvalue weighted by Crippen LogP contribution is -2.33. The van der Waals surface area contributed by atoms with Gasteiger partial charge in [0.25, 0.3) is 6.43 Å². The summed E-state index contributed by atoms with van der Waals surface area (Å²) in [5.74, 6) is 0. The third-order valence-electron chi connectivity index (χ3n) is 2.66. The minimum atomic E-state index is -2.31. The smallest absolute Gasteiger partial charge is 0.251 e. The van der Waals surface area contributed by atoms with Crippen molar-refractivity contribution in [3.63, 3.8) is 0 Å². The van der Waals surface area contributed by atoms with E-state index in [9.17, 15) is 8.78 Å². The van der Waals surface area contributed by atoms with E-state index in [0.29, 0.717) is 28.9 Å². The average Bonchev–Trinajstić information content (AvgIpc) is 3.04. The van der Waals surface area contributed by atoms with E-state index < -0.39 is 6.43 Å². The first-order valence-corrected chi connectivity index (χ1v) is 6.80. The number of nitrogens with zero attached hydrogens (tertiary/aromatic N) is 5. The summed E-state index contributed by atoms with van der Waals surface area (Å²) >= 11 is 1.38. The number of aromatic nitrogens is 3.